The molecule has 0 aliphatic rings. The highest BCUT2D eigenvalue weighted by Crippen LogP contribution is 2.17. The van der Waals surface area contributed by atoms with E-state index in [4.69, 9.17) is 4.74 Å². The predicted molar refractivity (Wildman–Crippen MR) is 80.5 cm³/mol. The Morgan fingerprint density at radius 2 is 1.95 bits per heavy atom. The quantitative estimate of drug-likeness (QED) is 0.882. The highest BCUT2D eigenvalue weighted by atomic mass is 32.1. The maximum absolute atomic E-state index is 12.3. The van der Waals surface area contributed by atoms with Gasteiger partial charge in [0.2, 0.25) is 0 Å². The molecule has 2 rings (SSSR count). The fourth-order valence-corrected chi connectivity index (χ4v) is 2.60. The van der Waals surface area contributed by atoms with Crippen LogP contribution in [-0.2, 0) is 4.74 Å². The fraction of sp³-hybridized carbons (Fsp3) is 0.267. The molecule has 110 valence electrons. The van der Waals surface area contributed by atoms with E-state index in [0.29, 0.717) is 5.56 Å². The third kappa shape index (κ3) is 3.46. The van der Waals surface area contributed by atoms with E-state index in [1.165, 1.54) is 18.4 Å². The molecule has 1 N–H and O–H groups in total. The number of thiazole rings is 1. The molecule has 1 unspecified atom stereocenters. The zero-order valence-electron chi connectivity index (χ0n) is 12.0. The summed E-state index contributed by atoms with van der Waals surface area (Å²) in [5.41, 5.74) is 1.35. The average molecular weight is 304 g/mol. The number of nitrogens with zero attached hydrogens (tertiary/aromatic N) is 1. The number of esters is 1. The number of aryl methyl sites for hydroxylation is 1. The second kappa shape index (κ2) is 6.49. The van der Waals surface area contributed by atoms with Gasteiger partial charge in [0.15, 0.2) is 0 Å². The highest BCUT2D eigenvalue weighted by molar-refractivity contribution is 7.09. The first-order chi connectivity index (χ1) is 10.0. The van der Waals surface area contributed by atoms with Crippen molar-refractivity contribution in [2.75, 3.05) is 7.11 Å². The first-order valence-electron chi connectivity index (χ1n) is 6.43. The van der Waals surface area contributed by atoms with Crippen LogP contribution < -0.4 is 5.32 Å². The topological polar surface area (TPSA) is 68.3 Å². The number of benzene rings is 1. The maximum atomic E-state index is 12.3. The van der Waals surface area contributed by atoms with E-state index in [1.54, 1.807) is 24.3 Å². The van der Waals surface area contributed by atoms with Crippen LogP contribution in [0.1, 0.15) is 44.4 Å². The summed E-state index contributed by atoms with van der Waals surface area (Å²) in [4.78, 5) is 28.4. The fourth-order valence-electron chi connectivity index (χ4n) is 1.90. The molecule has 1 amide bonds. The molecule has 2 aromatic rings. The lowest BCUT2D eigenvalue weighted by Gasteiger charge is -2.13. The van der Waals surface area contributed by atoms with Crippen LogP contribution in [0.15, 0.2) is 29.6 Å². The van der Waals surface area contributed by atoms with Crippen molar-refractivity contribution in [2.45, 2.75) is 19.9 Å². The second-order valence-corrected chi connectivity index (χ2v) is 5.59. The minimum atomic E-state index is -0.530. The number of hydrogen-bond acceptors (Lipinski definition) is 5. The van der Waals surface area contributed by atoms with E-state index in [-0.39, 0.29) is 17.5 Å². The Morgan fingerprint density at radius 3 is 2.52 bits per heavy atom. The van der Waals surface area contributed by atoms with Crippen molar-refractivity contribution in [2.24, 2.45) is 0 Å². The first-order valence-corrected chi connectivity index (χ1v) is 7.31. The summed E-state index contributed by atoms with van der Waals surface area (Å²) in [5, 5.41) is 5.70. The second-order valence-electron chi connectivity index (χ2n) is 4.52. The van der Waals surface area contributed by atoms with Crippen molar-refractivity contribution in [3.05, 3.63) is 51.5 Å². The number of aromatic nitrogens is 1. The molecular formula is C15H16N2O3S. The van der Waals surface area contributed by atoms with Crippen LogP contribution in [0, 0.1) is 6.92 Å². The molecule has 21 heavy (non-hydrogen) atoms. The van der Waals surface area contributed by atoms with Gasteiger partial charge in [-0.1, -0.05) is 12.1 Å². The van der Waals surface area contributed by atoms with Crippen molar-refractivity contribution < 1.29 is 14.3 Å². The van der Waals surface area contributed by atoms with Gasteiger partial charge in [-0.25, -0.2) is 9.78 Å². The van der Waals surface area contributed by atoms with Gasteiger partial charge in [-0.15, -0.1) is 11.3 Å². The Morgan fingerprint density at radius 1 is 1.29 bits per heavy atom. The van der Waals surface area contributed by atoms with E-state index in [2.05, 4.69) is 10.3 Å². The van der Waals surface area contributed by atoms with Crippen LogP contribution in [0.3, 0.4) is 0 Å². The zero-order valence-corrected chi connectivity index (χ0v) is 12.9. The van der Waals surface area contributed by atoms with E-state index < -0.39 is 5.97 Å². The van der Waals surface area contributed by atoms with E-state index in [1.807, 2.05) is 19.2 Å². The van der Waals surface area contributed by atoms with E-state index in [9.17, 15) is 9.59 Å². The molecule has 0 fully saturated rings. The number of amides is 1. The van der Waals surface area contributed by atoms with Crippen molar-refractivity contribution >= 4 is 23.2 Å². The average Bonchev–Trinajstić information content (AvgIpc) is 2.93. The molecule has 1 atom stereocenters. The molecule has 1 aromatic heterocycles. The van der Waals surface area contributed by atoms with Gasteiger partial charge >= 0.3 is 5.97 Å². The Balaban J connectivity index is 2.19. The lowest BCUT2D eigenvalue weighted by molar-refractivity contribution is 0.0596. The zero-order chi connectivity index (χ0) is 15.4. The first kappa shape index (κ1) is 15.2. The van der Waals surface area contributed by atoms with Crippen molar-refractivity contribution in [3.63, 3.8) is 0 Å². The molecule has 5 nitrogen and oxygen atoms in total. The molecule has 0 aliphatic carbocycles. The van der Waals surface area contributed by atoms with Crippen molar-refractivity contribution in [1.82, 2.24) is 10.3 Å². The van der Waals surface area contributed by atoms with Gasteiger partial charge in [-0.3, -0.25) is 4.79 Å². The summed E-state index contributed by atoms with van der Waals surface area (Å²) < 4.78 is 4.69. The number of carbonyl (C=O) groups excluding carboxylic acids is 2. The van der Waals surface area contributed by atoms with Gasteiger partial charge in [-0.05, 0) is 26.0 Å². The summed E-state index contributed by atoms with van der Waals surface area (Å²) in [6, 6.07) is 6.34. The van der Waals surface area contributed by atoms with Crippen LogP contribution in [0.4, 0.5) is 0 Å². The maximum Gasteiger partial charge on any atom is 0.338 e. The molecule has 6 heteroatoms. The van der Waals surface area contributed by atoms with Crippen LogP contribution in [0.2, 0.25) is 0 Å². The molecule has 0 aliphatic heterocycles. The number of hydrogen-bond donors (Lipinski definition) is 1. The summed E-state index contributed by atoms with van der Waals surface area (Å²) in [6.45, 7) is 3.77. The Bertz CT molecular complexity index is 666. The van der Waals surface area contributed by atoms with Crippen LogP contribution in [0.5, 0.6) is 0 Å². The van der Waals surface area contributed by atoms with Crippen LogP contribution >= 0.6 is 11.3 Å². The molecule has 0 saturated heterocycles. The summed E-state index contributed by atoms with van der Waals surface area (Å²) in [5.74, 6) is -0.855. The number of carbonyl (C=O) groups is 2. The third-order valence-electron chi connectivity index (χ3n) is 3.01. The third-order valence-corrected chi connectivity index (χ3v) is 3.80. The van der Waals surface area contributed by atoms with Crippen molar-refractivity contribution in [3.8, 4) is 0 Å². The molecule has 0 saturated carbocycles. The Labute approximate surface area is 127 Å². The molecule has 0 spiro atoms. The molecule has 0 bridgehead atoms. The van der Waals surface area contributed by atoms with Gasteiger partial charge in [0, 0.05) is 5.38 Å². The largest absolute Gasteiger partial charge is 0.465 e. The monoisotopic (exact) mass is 304 g/mol. The van der Waals surface area contributed by atoms with Crippen LogP contribution in [0.25, 0.3) is 0 Å². The van der Waals surface area contributed by atoms with Gasteiger partial charge < -0.3 is 10.1 Å². The van der Waals surface area contributed by atoms with E-state index >= 15 is 0 Å². The number of ether oxygens (including phenoxy) is 1. The summed E-state index contributed by atoms with van der Waals surface area (Å²) in [7, 11) is 1.29. The minimum Gasteiger partial charge on any atom is -0.465 e. The van der Waals surface area contributed by atoms with E-state index in [0.717, 1.165) is 10.7 Å². The molecular weight excluding hydrogens is 288 g/mol. The standard InChI is InChI=1S/C15H16N2O3S/c1-9(13-8-21-10(2)17-13)16-14(18)11-6-4-5-7-12(11)15(19)20-3/h4-9H,1-3H3,(H,16,18). The normalized spacial score (nSPS) is 11.8. The van der Waals surface area contributed by atoms with Crippen molar-refractivity contribution in [1.29, 1.82) is 0 Å². The number of rotatable bonds is 4. The van der Waals surface area contributed by atoms with Gasteiger partial charge in [-0.2, -0.15) is 0 Å². The summed E-state index contributed by atoms with van der Waals surface area (Å²) in [6.07, 6.45) is 0. The van der Waals surface area contributed by atoms with Gasteiger partial charge in [0.25, 0.3) is 5.91 Å². The lowest BCUT2D eigenvalue weighted by Crippen LogP contribution is -2.28. The highest BCUT2D eigenvalue weighted by Gasteiger charge is 2.19. The summed E-state index contributed by atoms with van der Waals surface area (Å²) >= 11 is 1.53. The molecule has 0 radical (unpaired) electrons. The molecule has 1 heterocycles. The number of methoxy groups -OCH3 is 1. The Hall–Kier alpha value is -2.21. The van der Waals surface area contributed by atoms with Gasteiger partial charge in [0.05, 0.1) is 35.0 Å². The number of nitrogens with one attached hydrogen (secondary N) is 1. The SMILES string of the molecule is COC(=O)c1ccccc1C(=O)NC(C)c1csc(C)n1. The minimum absolute atomic E-state index is 0.229. The van der Waals surface area contributed by atoms with Gasteiger partial charge in [0.1, 0.15) is 0 Å². The van der Waals surface area contributed by atoms with Crippen LogP contribution in [-0.4, -0.2) is 24.0 Å². The molecule has 1 aromatic carbocycles. The lowest BCUT2D eigenvalue weighted by atomic mass is 10.1. The Kier molecular flexibility index (Phi) is 4.70. The smallest absolute Gasteiger partial charge is 0.338 e. The predicted octanol–water partition coefficient (Wildman–Crippen LogP) is 2.73.